The van der Waals surface area contributed by atoms with Crippen LogP contribution >= 0.6 is 0 Å². The molecule has 3 heterocycles. The van der Waals surface area contributed by atoms with Crippen molar-refractivity contribution in [2.24, 2.45) is 0 Å². The van der Waals surface area contributed by atoms with E-state index in [1.54, 1.807) is 0 Å². The summed E-state index contributed by atoms with van der Waals surface area (Å²) in [6, 6.07) is 12.0. The maximum atomic E-state index is 13.0. The maximum Gasteiger partial charge on any atom is 0.263 e. The van der Waals surface area contributed by atoms with Gasteiger partial charge in [-0.15, -0.1) is 5.10 Å². The third-order valence-corrected chi connectivity index (χ3v) is 5.11. The highest BCUT2D eigenvalue weighted by molar-refractivity contribution is 5.81. The van der Waals surface area contributed by atoms with Gasteiger partial charge in [-0.25, -0.2) is 0 Å². The highest BCUT2D eigenvalue weighted by Gasteiger charge is 2.30. The summed E-state index contributed by atoms with van der Waals surface area (Å²) in [6.45, 7) is 5.04. The average Bonchev–Trinajstić information content (AvgIpc) is 2.94. The van der Waals surface area contributed by atoms with Crippen LogP contribution in [0.1, 0.15) is 24.1 Å². The van der Waals surface area contributed by atoms with Crippen LogP contribution in [0.2, 0.25) is 0 Å². The first-order valence-corrected chi connectivity index (χ1v) is 9.29. The molecule has 2 aliphatic heterocycles. The van der Waals surface area contributed by atoms with Crippen molar-refractivity contribution in [3.63, 3.8) is 0 Å². The van der Waals surface area contributed by atoms with Crippen molar-refractivity contribution in [1.29, 1.82) is 0 Å². The number of fused-ring (bicyclic) bond motifs is 1. The topological polar surface area (TPSA) is 58.6 Å². The lowest BCUT2D eigenvalue weighted by molar-refractivity contribution is -0.139. The molecule has 6 nitrogen and oxygen atoms in total. The predicted octanol–water partition coefficient (Wildman–Crippen LogP) is 2.22. The van der Waals surface area contributed by atoms with E-state index in [4.69, 9.17) is 4.74 Å². The molecular weight excluding hydrogens is 328 g/mol. The number of para-hydroxylation sites is 1. The van der Waals surface area contributed by atoms with Crippen molar-refractivity contribution < 1.29 is 9.53 Å². The van der Waals surface area contributed by atoms with Gasteiger partial charge >= 0.3 is 0 Å². The average molecular weight is 352 g/mol. The smallest absolute Gasteiger partial charge is 0.263 e. The molecule has 0 spiro atoms. The van der Waals surface area contributed by atoms with Gasteiger partial charge < -0.3 is 14.5 Å². The van der Waals surface area contributed by atoms with Crippen molar-refractivity contribution >= 4 is 11.7 Å². The molecule has 6 heteroatoms. The van der Waals surface area contributed by atoms with Crippen LogP contribution in [-0.4, -0.2) is 53.3 Å². The quantitative estimate of drug-likeness (QED) is 0.829. The van der Waals surface area contributed by atoms with Crippen molar-refractivity contribution in [2.45, 2.75) is 32.3 Å². The molecule has 136 valence electrons. The Balaban J connectivity index is 1.39. The van der Waals surface area contributed by atoms with Gasteiger partial charge in [-0.1, -0.05) is 18.2 Å². The zero-order valence-corrected chi connectivity index (χ0v) is 15.1. The Labute approximate surface area is 153 Å². The minimum atomic E-state index is -0.365. The summed E-state index contributed by atoms with van der Waals surface area (Å²) in [7, 11) is 0. The molecule has 0 N–H and O–H groups in total. The largest absolute Gasteiger partial charge is 0.480 e. The molecule has 4 rings (SSSR count). The summed E-state index contributed by atoms with van der Waals surface area (Å²) in [5.74, 6) is 1.84. The molecule has 2 aromatic rings. The Morgan fingerprint density at radius 2 is 1.96 bits per heavy atom. The second-order valence-electron chi connectivity index (χ2n) is 6.95. The van der Waals surface area contributed by atoms with Gasteiger partial charge in [0.2, 0.25) is 0 Å². The molecule has 1 unspecified atom stereocenters. The second kappa shape index (κ2) is 7.32. The van der Waals surface area contributed by atoms with Gasteiger partial charge in [0, 0.05) is 26.2 Å². The predicted molar refractivity (Wildman–Crippen MR) is 99.4 cm³/mol. The summed E-state index contributed by atoms with van der Waals surface area (Å²) in [5.41, 5.74) is 2.10. The van der Waals surface area contributed by atoms with Crippen molar-refractivity contribution in [3.05, 3.63) is 47.7 Å². The number of rotatable bonds is 2. The van der Waals surface area contributed by atoms with Crippen LogP contribution in [0.25, 0.3) is 0 Å². The SMILES string of the molecule is Cc1ccc(N2CCCN(C(=O)C3CCc4ccccc4O3)CC2)nn1. The minimum Gasteiger partial charge on any atom is -0.480 e. The number of ether oxygens (including phenoxy) is 1. The van der Waals surface area contributed by atoms with E-state index >= 15 is 0 Å². The summed E-state index contributed by atoms with van der Waals surface area (Å²) in [4.78, 5) is 17.1. The lowest BCUT2D eigenvalue weighted by Crippen LogP contribution is -2.45. The number of anilines is 1. The van der Waals surface area contributed by atoms with Crippen LogP contribution in [-0.2, 0) is 11.2 Å². The van der Waals surface area contributed by atoms with E-state index in [1.807, 2.05) is 42.2 Å². The molecule has 26 heavy (non-hydrogen) atoms. The fourth-order valence-electron chi connectivity index (χ4n) is 3.63. The molecule has 2 aliphatic rings. The van der Waals surface area contributed by atoms with Crippen LogP contribution in [0, 0.1) is 6.92 Å². The summed E-state index contributed by atoms with van der Waals surface area (Å²) in [6.07, 6.45) is 2.20. The highest BCUT2D eigenvalue weighted by Crippen LogP contribution is 2.28. The number of aryl methyl sites for hydroxylation is 2. The minimum absolute atomic E-state index is 0.108. The first-order valence-electron chi connectivity index (χ1n) is 9.29. The number of carbonyl (C=O) groups is 1. The molecule has 0 bridgehead atoms. The van der Waals surface area contributed by atoms with E-state index < -0.39 is 0 Å². The molecule has 1 fully saturated rings. The fraction of sp³-hybridized carbons (Fsp3) is 0.450. The summed E-state index contributed by atoms with van der Waals surface area (Å²) in [5, 5.41) is 8.42. The van der Waals surface area contributed by atoms with Crippen LogP contribution in [0.4, 0.5) is 5.82 Å². The van der Waals surface area contributed by atoms with Crippen LogP contribution < -0.4 is 9.64 Å². The Bertz CT molecular complexity index is 778. The lowest BCUT2D eigenvalue weighted by Gasteiger charge is -2.30. The van der Waals surface area contributed by atoms with E-state index in [9.17, 15) is 4.79 Å². The fourth-order valence-corrected chi connectivity index (χ4v) is 3.63. The van der Waals surface area contributed by atoms with Gasteiger partial charge in [0.15, 0.2) is 11.9 Å². The van der Waals surface area contributed by atoms with Gasteiger partial charge in [0.05, 0.1) is 5.69 Å². The third kappa shape index (κ3) is 3.49. The van der Waals surface area contributed by atoms with Crippen molar-refractivity contribution in [2.75, 3.05) is 31.1 Å². The standard InChI is InChI=1S/C20H24N4O2/c1-15-7-10-19(22-21-15)23-11-4-12-24(14-13-23)20(25)18-9-8-16-5-2-3-6-17(16)26-18/h2-3,5-7,10,18H,4,8-9,11-14H2,1H3. The Morgan fingerprint density at radius 3 is 2.81 bits per heavy atom. The molecule has 1 saturated heterocycles. The molecule has 1 atom stereocenters. The third-order valence-electron chi connectivity index (χ3n) is 5.11. The van der Waals surface area contributed by atoms with Crippen molar-refractivity contribution in [3.8, 4) is 5.75 Å². The number of nitrogens with zero attached hydrogens (tertiary/aromatic N) is 4. The van der Waals surface area contributed by atoms with Crippen LogP contribution in [0.3, 0.4) is 0 Å². The molecule has 0 saturated carbocycles. The number of amides is 1. The van der Waals surface area contributed by atoms with Gasteiger partial charge in [-0.05, 0) is 49.9 Å². The molecule has 1 amide bonds. The van der Waals surface area contributed by atoms with E-state index in [0.717, 1.165) is 56.2 Å². The number of carbonyl (C=O) groups excluding carboxylic acids is 1. The number of hydrogen-bond donors (Lipinski definition) is 0. The first kappa shape index (κ1) is 16.8. The van der Waals surface area contributed by atoms with Gasteiger partial charge in [0.1, 0.15) is 5.75 Å². The molecular formula is C20H24N4O2. The maximum absolute atomic E-state index is 13.0. The van der Waals surface area contributed by atoms with E-state index in [2.05, 4.69) is 21.2 Å². The first-order chi connectivity index (χ1) is 12.7. The van der Waals surface area contributed by atoms with Crippen LogP contribution in [0.5, 0.6) is 5.75 Å². The zero-order valence-electron chi connectivity index (χ0n) is 15.1. The van der Waals surface area contributed by atoms with Gasteiger partial charge in [-0.3, -0.25) is 4.79 Å². The van der Waals surface area contributed by atoms with Gasteiger partial charge in [-0.2, -0.15) is 5.10 Å². The Hall–Kier alpha value is -2.63. The molecule has 0 aliphatic carbocycles. The summed E-state index contributed by atoms with van der Waals surface area (Å²) >= 11 is 0. The Kier molecular flexibility index (Phi) is 4.73. The number of aromatic nitrogens is 2. The zero-order chi connectivity index (χ0) is 17.9. The molecule has 1 aromatic carbocycles. The highest BCUT2D eigenvalue weighted by atomic mass is 16.5. The van der Waals surface area contributed by atoms with Crippen molar-refractivity contribution in [1.82, 2.24) is 15.1 Å². The van der Waals surface area contributed by atoms with Gasteiger partial charge in [0.25, 0.3) is 5.91 Å². The molecule has 0 radical (unpaired) electrons. The van der Waals surface area contributed by atoms with E-state index in [1.165, 1.54) is 5.56 Å². The van der Waals surface area contributed by atoms with E-state index in [0.29, 0.717) is 6.54 Å². The second-order valence-corrected chi connectivity index (χ2v) is 6.95. The summed E-state index contributed by atoms with van der Waals surface area (Å²) < 4.78 is 5.99. The Morgan fingerprint density at radius 1 is 1.08 bits per heavy atom. The van der Waals surface area contributed by atoms with E-state index in [-0.39, 0.29) is 12.0 Å². The monoisotopic (exact) mass is 352 g/mol. The van der Waals surface area contributed by atoms with Crippen LogP contribution in [0.15, 0.2) is 36.4 Å². The number of benzene rings is 1. The molecule has 1 aromatic heterocycles. The lowest BCUT2D eigenvalue weighted by atomic mass is 10.0. The normalized spacial score (nSPS) is 20.1. The number of hydrogen-bond acceptors (Lipinski definition) is 5.